The van der Waals surface area contributed by atoms with Crippen LogP contribution in [-0.2, 0) is 26.2 Å². The molecule has 0 saturated carbocycles. The Bertz CT molecular complexity index is 1040. The van der Waals surface area contributed by atoms with E-state index in [1.165, 1.54) is 0 Å². The van der Waals surface area contributed by atoms with Crippen molar-refractivity contribution in [2.75, 3.05) is 5.32 Å². The molecule has 33 heavy (non-hydrogen) atoms. The first-order chi connectivity index (χ1) is 15.3. The maximum absolute atomic E-state index is 13.6. The van der Waals surface area contributed by atoms with Crippen LogP contribution in [0.5, 0.6) is 0 Å². The number of nitrogens with zero attached hydrogens (tertiary/aromatic N) is 1. The maximum Gasteiger partial charge on any atom is 0.430 e. The van der Waals surface area contributed by atoms with Crippen molar-refractivity contribution < 1.29 is 23.9 Å². The second kappa shape index (κ2) is 8.77. The number of nitrogens with one attached hydrogen (secondary N) is 2. The lowest BCUT2D eigenvalue weighted by Gasteiger charge is -2.40. The largest absolute Gasteiger partial charge is 0.443 e. The lowest BCUT2D eigenvalue weighted by Crippen LogP contribution is -2.63. The molecule has 8 nitrogen and oxygen atoms in total. The van der Waals surface area contributed by atoms with Gasteiger partial charge in [0, 0.05) is 17.7 Å². The minimum absolute atomic E-state index is 0.103. The topological polar surface area (TPSA) is 97.0 Å². The van der Waals surface area contributed by atoms with Gasteiger partial charge in [0.2, 0.25) is 0 Å². The Morgan fingerprint density at radius 1 is 0.909 bits per heavy atom. The fraction of sp³-hybridized carbons (Fsp3) is 0.400. The average Bonchev–Trinajstić information content (AvgIpc) is 2.96. The molecule has 0 bridgehead atoms. The summed E-state index contributed by atoms with van der Waals surface area (Å²) in [5.74, 6) is -0.463. The first-order valence-electron chi connectivity index (χ1n) is 10.8. The summed E-state index contributed by atoms with van der Waals surface area (Å²) >= 11 is 0. The molecule has 1 aliphatic heterocycles. The lowest BCUT2D eigenvalue weighted by molar-refractivity contribution is -0.130. The van der Waals surface area contributed by atoms with E-state index >= 15 is 0 Å². The summed E-state index contributed by atoms with van der Waals surface area (Å²) in [6.45, 7) is 10.3. The number of carbonyl (C=O) groups is 3. The minimum Gasteiger partial charge on any atom is -0.443 e. The van der Waals surface area contributed by atoms with Crippen LogP contribution in [0.25, 0.3) is 0 Å². The molecule has 3 amide bonds. The van der Waals surface area contributed by atoms with Gasteiger partial charge in [-0.2, -0.15) is 5.01 Å². The molecule has 1 aliphatic rings. The Kier molecular flexibility index (Phi) is 6.40. The summed E-state index contributed by atoms with van der Waals surface area (Å²) < 4.78 is 11.0. The van der Waals surface area contributed by atoms with E-state index in [2.05, 4.69) is 10.7 Å². The highest BCUT2D eigenvalue weighted by Gasteiger charge is 2.55. The number of fused-ring (bicyclic) bond motifs is 1. The van der Waals surface area contributed by atoms with E-state index in [0.29, 0.717) is 11.3 Å². The SMILES string of the molecule is CC(C)(C)OC(=O)NN(C(=O)OC(C)(C)C)C1(Cc2ccccc2)C(=O)Nc2ccccc21. The average molecular weight is 454 g/mol. The maximum atomic E-state index is 13.6. The van der Waals surface area contributed by atoms with Gasteiger partial charge in [-0.25, -0.2) is 15.0 Å². The third-order valence-electron chi connectivity index (χ3n) is 4.86. The van der Waals surface area contributed by atoms with Crippen LogP contribution in [0, 0.1) is 0 Å². The molecule has 2 aromatic carbocycles. The van der Waals surface area contributed by atoms with Gasteiger partial charge in [0.1, 0.15) is 11.2 Å². The molecule has 0 aliphatic carbocycles. The second-order valence-corrected chi connectivity index (χ2v) is 9.95. The van der Waals surface area contributed by atoms with Gasteiger partial charge < -0.3 is 14.8 Å². The highest BCUT2D eigenvalue weighted by Crippen LogP contribution is 2.43. The molecule has 8 heteroatoms. The zero-order chi connectivity index (χ0) is 24.4. The molecule has 0 fully saturated rings. The summed E-state index contributed by atoms with van der Waals surface area (Å²) in [5.41, 5.74) is 1.12. The van der Waals surface area contributed by atoms with Gasteiger partial charge in [-0.15, -0.1) is 0 Å². The van der Waals surface area contributed by atoms with E-state index in [-0.39, 0.29) is 6.42 Å². The van der Waals surface area contributed by atoms with Crippen molar-refractivity contribution in [3.05, 3.63) is 65.7 Å². The van der Waals surface area contributed by atoms with Gasteiger partial charge in [-0.1, -0.05) is 48.5 Å². The number of ether oxygens (including phenoxy) is 2. The van der Waals surface area contributed by atoms with Crippen LogP contribution in [-0.4, -0.2) is 34.3 Å². The van der Waals surface area contributed by atoms with Crippen LogP contribution >= 0.6 is 0 Å². The van der Waals surface area contributed by atoms with Crippen LogP contribution in [0.4, 0.5) is 15.3 Å². The summed E-state index contributed by atoms with van der Waals surface area (Å²) in [6.07, 6.45) is -1.65. The van der Waals surface area contributed by atoms with Gasteiger partial charge in [0.05, 0.1) is 0 Å². The third-order valence-corrected chi connectivity index (χ3v) is 4.86. The zero-order valence-corrected chi connectivity index (χ0v) is 19.9. The Balaban J connectivity index is 2.16. The monoisotopic (exact) mass is 453 g/mol. The van der Waals surface area contributed by atoms with Crippen LogP contribution in [0.1, 0.15) is 52.7 Å². The summed E-state index contributed by atoms with van der Waals surface area (Å²) in [6, 6.07) is 16.3. The van der Waals surface area contributed by atoms with Gasteiger partial charge in [0.25, 0.3) is 5.91 Å². The highest BCUT2D eigenvalue weighted by molar-refractivity contribution is 6.07. The predicted octanol–water partition coefficient (Wildman–Crippen LogP) is 4.75. The van der Waals surface area contributed by atoms with Crippen LogP contribution in [0.2, 0.25) is 0 Å². The summed E-state index contributed by atoms with van der Waals surface area (Å²) in [7, 11) is 0. The first-order valence-corrected chi connectivity index (χ1v) is 10.8. The van der Waals surface area contributed by atoms with Crippen LogP contribution in [0.3, 0.4) is 0 Å². The normalized spacial score (nSPS) is 17.6. The molecule has 3 rings (SSSR count). The number of rotatable bonds is 3. The van der Waals surface area contributed by atoms with E-state index in [9.17, 15) is 14.4 Å². The van der Waals surface area contributed by atoms with E-state index in [1.54, 1.807) is 65.8 Å². The number of carbonyl (C=O) groups excluding carboxylic acids is 3. The molecule has 0 radical (unpaired) electrons. The Morgan fingerprint density at radius 3 is 2.09 bits per heavy atom. The van der Waals surface area contributed by atoms with Gasteiger partial charge in [-0.05, 0) is 53.2 Å². The van der Waals surface area contributed by atoms with Gasteiger partial charge in [0.15, 0.2) is 5.54 Å². The highest BCUT2D eigenvalue weighted by atomic mass is 16.6. The Hall–Kier alpha value is -3.55. The van der Waals surface area contributed by atoms with Crippen molar-refractivity contribution in [1.82, 2.24) is 10.4 Å². The molecular weight excluding hydrogens is 422 g/mol. The fourth-order valence-electron chi connectivity index (χ4n) is 3.67. The number of anilines is 1. The van der Waals surface area contributed by atoms with E-state index in [4.69, 9.17) is 9.47 Å². The minimum atomic E-state index is -1.60. The lowest BCUT2D eigenvalue weighted by atomic mass is 9.84. The quantitative estimate of drug-likeness (QED) is 0.654. The van der Waals surface area contributed by atoms with Crippen molar-refractivity contribution in [3.63, 3.8) is 0 Å². The first kappa shape index (κ1) is 24.1. The summed E-state index contributed by atoms with van der Waals surface area (Å²) in [4.78, 5) is 39.8. The van der Waals surface area contributed by atoms with Crippen molar-refractivity contribution in [1.29, 1.82) is 0 Å². The van der Waals surface area contributed by atoms with Crippen molar-refractivity contribution in [2.24, 2.45) is 0 Å². The fourth-order valence-corrected chi connectivity index (χ4v) is 3.67. The number of benzene rings is 2. The molecule has 1 unspecified atom stereocenters. The predicted molar refractivity (Wildman–Crippen MR) is 124 cm³/mol. The van der Waals surface area contributed by atoms with Crippen molar-refractivity contribution >= 4 is 23.8 Å². The third kappa shape index (κ3) is 5.45. The molecule has 0 aromatic heterocycles. The Labute approximate surface area is 194 Å². The van der Waals surface area contributed by atoms with Gasteiger partial charge >= 0.3 is 12.2 Å². The smallest absolute Gasteiger partial charge is 0.430 e. The second-order valence-electron chi connectivity index (χ2n) is 9.95. The van der Waals surface area contributed by atoms with Crippen LogP contribution in [0.15, 0.2) is 54.6 Å². The van der Waals surface area contributed by atoms with E-state index in [0.717, 1.165) is 10.6 Å². The molecule has 1 atom stereocenters. The molecule has 0 saturated heterocycles. The van der Waals surface area contributed by atoms with Crippen molar-refractivity contribution in [2.45, 2.75) is 64.7 Å². The van der Waals surface area contributed by atoms with Gasteiger partial charge in [-0.3, -0.25) is 4.79 Å². The molecular formula is C25H31N3O5. The van der Waals surface area contributed by atoms with Crippen LogP contribution < -0.4 is 10.7 Å². The zero-order valence-electron chi connectivity index (χ0n) is 19.9. The molecule has 2 aromatic rings. The molecule has 2 N–H and O–H groups in total. The number of amides is 3. The number of para-hydroxylation sites is 1. The standard InChI is InChI=1S/C25H31N3O5/c1-23(2,3)32-21(30)27-28(22(31)33-24(4,5)6)25(16-17-12-8-7-9-13-17)18-14-10-11-15-19(18)26-20(25)29/h7-15H,16H2,1-6H3,(H,26,29)(H,27,30). The Morgan fingerprint density at radius 2 is 1.48 bits per heavy atom. The van der Waals surface area contributed by atoms with E-state index < -0.39 is 34.8 Å². The molecule has 1 heterocycles. The van der Waals surface area contributed by atoms with E-state index in [1.807, 2.05) is 30.3 Å². The molecule has 0 spiro atoms. The molecule has 176 valence electrons. The number of hydrogen-bond donors (Lipinski definition) is 2. The number of hydrogen-bond acceptors (Lipinski definition) is 5. The van der Waals surface area contributed by atoms with Crippen molar-refractivity contribution in [3.8, 4) is 0 Å². The number of hydrazine groups is 1. The summed E-state index contributed by atoms with van der Waals surface area (Å²) in [5, 5.41) is 3.81.